The van der Waals surface area contributed by atoms with Crippen molar-refractivity contribution in [3.8, 4) is 0 Å². The van der Waals surface area contributed by atoms with Crippen molar-refractivity contribution in [1.82, 2.24) is 0 Å². The number of hydrogen-bond donors (Lipinski definition) is 0. The van der Waals surface area contributed by atoms with Gasteiger partial charge < -0.3 is 0 Å². The Morgan fingerprint density at radius 2 is 2.00 bits per heavy atom. The number of carbonyl (C=O) groups is 1. The highest BCUT2D eigenvalue weighted by atomic mass is 35.5. The van der Waals surface area contributed by atoms with Gasteiger partial charge in [-0.1, -0.05) is 41.9 Å². The molecule has 0 spiro atoms. The van der Waals surface area contributed by atoms with Crippen molar-refractivity contribution in [2.24, 2.45) is 0 Å². The van der Waals surface area contributed by atoms with Gasteiger partial charge in [-0.05, 0) is 35.6 Å². The van der Waals surface area contributed by atoms with Crippen LogP contribution in [-0.4, -0.2) is 5.78 Å². The normalized spacial score (nSPS) is 16.6. The summed E-state index contributed by atoms with van der Waals surface area (Å²) in [6.45, 7) is 0. The zero-order chi connectivity index (χ0) is 13.4. The first kappa shape index (κ1) is 12.4. The van der Waals surface area contributed by atoms with E-state index in [1.807, 2.05) is 18.2 Å². The maximum Gasteiger partial charge on any atom is 0.165 e. The number of carbonyl (C=O) groups excluding carboxylic acids is 1. The van der Waals surface area contributed by atoms with Gasteiger partial charge in [-0.2, -0.15) is 0 Å². The topological polar surface area (TPSA) is 17.1 Å². The van der Waals surface area contributed by atoms with Crippen LogP contribution in [0.5, 0.6) is 0 Å². The van der Waals surface area contributed by atoms with Gasteiger partial charge in [-0.25, -0.2) is 4.39 Å². The van der Waals surface area contributed by atoms with Crippen LogP contribution in [0.25, 0.3) is 0 Å². The molecule has 2 aromatic carbocycles. The first-order valence-electron chi connectivity index (χ1n) is 6.22. The minimum absolute atomic E-state index is 0.0693. The fraction of sp³-hybridized carbons (Fsp3) is 0.188. The van der Waals surface area contributed by atoms with Crippen LogP contribution in [0, 0.1) is 5.82 Å². The number of fused-ring (bicyclic) bond motifs is 1. The number of halogens is 2. The molecule has 1 unspecified atom stereocenters. The van der Waals surface area contributed by atoms with Gasteiger partial charge in [0.05, 0.1) is 5.02 Å². The zero-order valence-electron chi connectivity index (χ0n) is 10.2. The molecule has 0 aliphatic heterocycles. The van der Waals surface area contributed by atoms with E-state index in [0.717, 1.165) is 6.42 Å². The first-order chi connectivity index (χ1) is 9.16. The molecule has 0 bridgehead atoms. The average molecular weight is 275 g/mol. The summed E-state index contributed by atoms with van der Waals surface area (Å²) in [5.74, 6) is -0.395. The molecule has 0 heterocycles. The van der Waals surface area contributed by atoms with E-state index in [-0.39, 0.29) is 22.3 Å². The molecule has 0 saturated carbocycles. The van der Waals surface area contributed by atoms with Crippen LogP contribution in [0.15, 0.2) is 42.5 Å². The molecule has 1 aliphatic rings. The minimum Gasteiger partial charge on any atom is -0.294 e. The molecule has 0 fully saturated rings. The summed E-state index contributed by atoms with van der Waals surface area (Å²) in [5.41, 5.74) is 2.81. The maximum atomic E-state index is 13.3. The second-order valence-corrected chi connectivity index (χ2v) is 5.21. The molecule has 0 N–H and O–H groups in total. The molecule has 2 aromatic rings. The summed E-state index contributed by atoms with van der Waals surface area (Å²) >= 11 is 5.84. The quantitative estimate of drug-likeness (QED) is 0.759. The standard InChI is InChI=1S/C16H12ClFO/c17-16-13(6-3-7-14(16)18)15(19)9-11-8-10-4-1-2-5-12(10)11/h1-7,11H,8-9H2. The Labute approximate surface area is 116 Å². The van der Waals surface area contributed by atoms with E-state index >= 15 is 0 Å². The van der Waals surface area contributed by atoms with Gasteiger partial charge in [0.25, 0.3) is 0 Å². The highest BCUT2D eigenvalue weighted by molar-refractivity contribution is 6.34. The third kappa shape index (κ3) is 2.17. The Balaban J connectivity index is 1.79. The highest BCUT2D eigenvalue weighted by Gasteiger charge is 2.28. The molecule has 1 atom stereocenters. The minimum atomic E-state index is -0.540. The molecule has 96 valence electrons. The van der Waals surface area contributed by atoms with Crippen molar-refractivity contribution in [2.45, 2.75) is 18.8 Å². The third-order valence-electron chi connectivity index (χ3n) is 3.65. The summed E-state index contributed by atoms with van der Waals surface area (Å²) < 4.78 is 13.3. The Morgan fingerprint density at radius 1 is 1.21 bits per heavy atom. The number of ketones is 1. The van der Waals surface area contributed by atoms with Gasteiger partial charge in [-0.3, -0.25) is 4.79 Å². The Bertz CT molecular complexity index is 651. The number of benzene rings is 2. The number of hydrogen-bond acceptors (Lipinski definition) is 1. The first-order valence-corrected chi connectivity index (χ1v) is 6.59. The molecule has 1 nitrogen and oxygen atoms in total. The molecule has 0 saturated heterocycles. The third-order valence-corrected chi connectivity index (χ3v) is 4.03. The van der Waals surface area contributed by atoms with Crippen molar-refractivity contribution < 1.29 is 9.18 Å². The van der Waals surface area contributed by atoms with Crippen LogP contribution in [0.4, 0.5) is 4.39 Å². The van der Waals surface area contributed by atoms with Crippen LogP contribution in [0.2, 0.25) is 5.02 Å². The lowest BCUT2D eigenvalue weighted by Crippen LogP contribution is -2.20. The van der Waals surface area contributed by atoms with E-state index in [0.29, 0.717) is 6.42 Å². The van der Waals surface area contributed by atoms with Gasteiger partial charge in [0.15, 0.2) is 5.78 Å². The predicted octanol–water partition coefficient (Wildman–Crippen LogP) is 4.39. The predicted molar refractivity (Wildman–Crippen MR) is 73.2 cm³/mol. The summed E-state index contributed by atoms with van der Waals surface area (Å²) in [7, 11) is 0. The van der Waals surface area contributed by atoms with Crippen LogP contribution in [-0.2, 0) is 6.42 Å². The molecule has 3 rings (SSSR count). The van der Waals surface area contributed by atoms with Crippen molar-refractivity contribution in [3.63, 3.8) is 0 Å². The van der Waals surface area contributed by atoms with E-state index < -0.39 is 5.82 Å². The Hall–Kier alpha value is -1.67. The van der Waals surface area contributed by atoms with Crippen LogP contribution in [0.1, 0.15) is 33.8 Å². The highest BCUT2D eigenvalue weighted by Crippen LogP contribution is 2.38. The number of Topliss-reactive ketones (excluding diaryl/α,β-unsaturated/α-hetero) is 1. The smallest absolute Gasteiger partial charge is 0.165 e. The van der Waals surface area contributed by atoms with Crippen molar-refractivity contribution in [1.29, 1.82) is 0 Å². The summed E-state index contributed by atoms with van der Waals surface area (Å²) in [4.78, 5) is 12.2. The number of rotatable bonds is 3. The second kappa shape index (κ2) is 4.78. The summed E-state index contributed by atoms with van der Waals surface area (Å²) in [5, 5.41) is -0.0693. The molecule has 19 heavy (non-hydrogen) atoms. The van der Waals surface area contributed by atoms with Gasteiger partial charge in [0.2, 0.25) is 0 Å². The van der Waals surface area contributed by atoms with E-state index in [4.69, 9.17) is 11.6 Å². The van der Waals surface area contributed by atoms with Crippen molar-refractivity contribution >= 4 is 17.4 Å². The zero-order valence-corrected chi connectivity index (χ0v) is 11.0. The van der Waals surface area contributed by atoms with Gasteiger partial charge in [0, 0.05) is 12.0 Å². The average Bonchev–Trinajstić information content (AvgIpc) is 2.39. The molecule has 0 aromatic heterocycles. The molecular weight excluding hydrogens is 263 g/mol. The monoisotopic (exact) mass is 274 g/mol. The SMILES string of the molecule is O=C(CC1Cc2ccccc21)c1cccc(F)c1Cl. The lowest BCUT2D eigenvalue weighted by Gasteiger charge is -2.29. The Morgan fingerprint density at radius 3 is 2.79 bits per heavy atom. The van der Waals surface area contributed by atoms with Gasteiger partial charge >= 0.3 is 0 Å². The van der Waals surface area contributed by atoms with E-state index in [9.17, 15) is 9.18 Å². The molecule has 0 radical (unpaired) electrons. The molecule has 1 aliphatic carbocycles. The Kier molecular flexibility index (Phi) is 3.11. The van der Waals surface area contributed by atoms with Crippen LogP contribution < -0.4 is 0 Å². The maximum absolute atomic E-state index is 13.3. The van der Waals surface area contributed by atoms with Crippen molar-refractivity contribution in [3.05, 3.63) is 70.0 Å². The summed E-state index contributed by atoms with van der Waals surface area (Å²) in [6.07, 6.45) is 1.30. The van der Waals surface area contributed by atoms with Crippen LogP contribution in [0.3, 0.4) is 0 Å². The molecule has 0 amide bonds. The fourth-order valence-corrected chi connectivity index (χ4v) is 2.83. The van der Waals surface area contributed by atoms with Crippen molar-refractivity contribution in [2.75, 3.05) is 0 Å². The second-order valence-electron chi connectivity index (χ2n) is 4.83. The largest absolute Gasteiger partial charge is 0.294 e. The van der Waals surface area contributed by atoms with E-state index in [1.165, 1.54) is 23.3 Å². The van der Waals surface area contributed by atoms with Crippen LogP contribution >= 0.6 is 11.6 Å². The van der Waals surface area contributed by atoms with E-state index in [2.05, 4.69) is 6.07 Å². The lowest BCUT2D eigenvalue weighted by atomic mass is 9.74. The summed E-state index contributed by atoms with van der Waals surface area (Å²) in [6, 6.07) is 12.5. The van der Waals surface area contributed by atoms with E-state index in [1.54, 1.807) is 6.07 Å². The molecular formula is C16H12ClFO. The molecule has 3 heteroatoms. The fourth-order valence-electron chi connectivity index (χ4n) is 2.60. The van der Waals surface area contributed by atoms with Gasteiger partial charge in [0.1, 0.15) is 5.82 Å². The lowest BCUT2D eigenvalue weighted by molar-refractivity contribution is 0.0970. The van der Waals surface area contributed by atoms with Gasteiger partial charge in [-0.15, -0.1) is 0 Å².